The number of para-hydroxylation sites is 1. The molecule has 28 heavy (non-hydrogen) atoms. The molecule has 1 atom stereocenters. The van der Waals surface area contributed by atoms with E-state index in [9.17, 15) is 4.79 Å². The summed E-state index contributed by atoms with van der Waals surface area (Å²) < 4.78 is 11.2. The van der Waals surface area contributed by atoms with E-state index in [-0.39, 0.29) is 17.2 Å². The van der Waals surface area contributed by atoms with Gasteiger partial charge in [-0.05, 0) is 37.8 Å². The first-order chi connectivity index (χ1) is 13.7. The molecule has 1 spiro atoms. The first-order valence-electron chi connectivity index (χ1n) is 10.6. The Balaban J connectivity index is 1.60. The van der Waals surface area contributed by atoms with Gasteiger partial charge in [-0.1, -0.05) is 24.3 Å². The van der Waals surface area contributed by atoms with E-state index in [1.165, 1.54) is 0 Å². The van der Waals surface area contributed by atoms with Crippen LogP contribution in [0.15, 0.2) is 43.0 Å². The number of likely N-dealkylation sites (tertiary alicyclic amines) is 1. The lowest BCUT2D eigenvalue weighted by Gasteiger charge is -2.39. The summed E-state index contributed by atoms with van der Waals surface area (Å²) in [4.78, 5) is 18.3. The first-order valence-corrected chi connectivity index (χ1v) is 10.6. The summed E-state index contributed by atoms with van der Waals surface area (Å²) in [5.41, 5.74) is 0.987. The highest BCUT2D eigenvalue weighted by Gasteiger charge is 2.52. The molecule has 3 heterocycles. The maximum absolute atomic E-state index is 13.8. The summed E-state index contributed by atoms with van der Waals surface area (Å²) in [5.74, 6) is 0.252. The zero-order chi connectivity index (χ0) is 19.4. The number of hydrogen-bond acceptors (Lipinski definition) is 4. The van der Waals surface area contributed by atoms with Gasteiger partial charge < -0.3 is 14.4 Å². The predicted octanol–water partition coefficient (Wildman–Crippen LogP) is 3.11. The highest BCUT2D eigenvalue weighted by molar-refractivity contribution is 5.96. The van der Waals surface area contributed by atoms with Crippen molar-refractivity contribution in [2.24, 2.45) is 11.3 Å². The van der Waals surface area contributed by atoms with Crippen LogP contribution in [0.2, 0.25) is 0 Å². The Morgan fingerprint density at radius 3 is 2.50 bits per heavy atom. The Labute approximate surface area is 168 Å². The van der Waals surface area contributed by atoms with E-state index in [4.69, 9.17) is 9.47 Å². The molecule has 1 aromatic carbocycles. The lowest BCUT2D eigenvalue weighted by Crippen LogP contribution is -2.46. The van der Waals surface area contributed by atoms with Gasteiger partial charge >= 0.3 is 0 Å². The minimum absolute atomic E-state index is 0.0133. The van der Waals surface area contributed by atoms with Gasteiger partial charge in [-0.25, -0.2) is 0 Å². The van der Waals surface area contributed by atoms with E-state index in [2.05, 4.69) is 11.5 Å². The summed E-state index contributed by atoms with van der Waals surface area (Å²) in [6, 6.07) is 10.5. The average Bonchev–Trinajstić information content (AvgIpc) is 3.12. The maximum Gasteiger partial charge on any atom is 0.232 e. The molecule has 1 aromatic rings. The lowest BCUT2D eigenvalue weighted by atomic mass is 9.71. The molecule has 0 saturated carbocycles. The van der Waals surface area contributed by atoms with Crippen LogP contribution in [0.1, 0.15) is 25.7 Å². The Kier molecular flexibility index (Phi) is 6.14. The molecule has 1 amide bonds. The average molecular weight is 385 g/mol. The zero-order valence-electron chi connectivity index (χ0n) is 16.7. The number of anilines is 1. The molecule has 3 aliphatic heterocycles. The third kappa shape index (κ3) is 3.88. The third-order valence-corrected chi connectivity index (χ3v) is 6.81. The Bertz CT molecular complexity index is 666. The van der Waals surface area contributed by atoms with Gasteiger partial charge in [0.2, 0.25) is 5.91 Å². The Hall–Kier alpha value is -1.69. The van der Waals surface area contributed by atoms with Gasteiger partial charge in [0.25, 0.3) is 0 Å². The number of rotatable bonds is 5. The number of amides is 1. The van der Waals surface area contributed by atoms with E-state index in [1.54, 1.807) is 0 Å². The monoisotopic (exact) mass is 384 g/mol. The molecule has 3 fully saturated rings. The van der Waals surface area contributed by atoms with E-state index in [1.807, 2.05) is 41.3 Å². The van der Waals surface area contributed by atoms with Crippen molar-refractivity contribution in [3.8, 4) is 0 Å². The molecule has 152 valence electrons. The minimum atomic E-state index is 0.0133. The second kappa shape index (κ2) is 8.76. The van der Waals surface area contributed by atoms with E-state index in [0.717, 1.165) is 70.9 Å². The van der Waals surface area contributed by atoms with Crippen LogP contribution in [0.5, 0.6) is 0 Å². The summed E-state index contributed by atoms with van der Waals surface area (Å²) >= 11 is 0. The van der Waals surface area contributed by atoms with Crippen LogP contribution in [0.3, 0.4) is 0 Å². The topological polar surface area (TPSA) is 42.0 Å². The number of benzene rings is 1. The van der Waals surface area contributed by atoms with Crippen molar-refractivity contribution in [3.05, 3.63) is 43.0 Å². The van der Waals surface area contributed by atoms with Gasteiger partial charge in [0.05, 0.1) is 5.92 Å². The molecule has 3 saturated heterocycles. The van der Waals surface area contributed by atoms with Gasteiger partial charge in [-0.15, -0.1) is 6.58 Å². The molecule has 5 nitrogen and oxygen atoms in total. The highest BCUT2D eigenvalue weighted by atomic mass is 16.5. The molecule has 0 aliphatic carbocycles. The summed E-state index contributed by atoms with van der Waals surface area (Å²) in [5, 5.41) is 0. The van der Waals surface area contributed by atoms with E-state index >= 15 is 0 Å². The lowest BCUT2D eigenvalue weighted by molar-refractivity contribution is -0.127. The van der Waals surface area contributed by atoms with E-state index < -0.39 is 0 Å². The number of carbonyl (C=O) groups excluding carboxylic acids is 1. The van der Waals surface area contributed by atoms with Crippen molar-refractivity contribution in [2.75, 3.05) is 51.0 Å². The first kappa shape index (κ1) is 19.6. The van der Waals surface area contributed by atoms with Gasteiger partial charge in [0.1, 0.15) is 0 Å². The third-order valence-electron chi connectivity index (χ3n) is 6.81. The maximum atomic E-state index is 13.8. The molecular formula is C23H32N2O3. The van der Waals surface area contributed by atoms with Crippen LogP contribution >= 0.6 is 0 Å². The molecular weight excluding hydrogens is 352 g/mol. The fourth-order valence-electron chi connectivity index (χ4n) is 5.21. The van der Waals surface area contributed by atoms with Crippen LogP contribution in [0, 0.1) is 11.3 Å². The van der Waals surface area contributed by atoms with Crippen LogP contribution < -0.4 is 4.90 Å². The molecule has 0 radical (unpaired) electrons. The molecule has 3 aliphatic rings. The summed E-state index contributed by atoms with van der Waals surface area (Å²) in [6.45, 7) is 9.49. The second-order valence-electron chi connectivity index (χ2n) is 8.37. The number of nitrogens with zero attached hydrogens (tertiary/aromatic N) is 2. The van der Waals surface area contributed by atoms with Gasteiger partial charge in [-0.2, -0.15) is 0 Å². The number of carbonyl (C=O) groups is 1. The zero-order valence-corrected chi connectivity index (χ0v) is 16.7. The molecule has 0 bridgehead atoms. The normalized spacial score (nSPS) is 25.6. The standard InChI is InChI=1S/C23H32N2O3/c1-2-12-25(20-6-4-3-5-7-20)22(26)21-17-24(19-8-13-27-14-9-19)18-23(21)10-15-28-16-11-23/h2-7,19,21H,1,8-18H2. The van der Waals surface area contributed by atoms with E-state index in [0.29, 0.717) is 12.6 Å². The molecule has 5 heteroatoms. The van der Waals surface area contributed by atoms with Crippen LogP contribution in [0.4, 0.5) is 5.69 Å². The molecule has 4 rings (SSSR count). The fraction of sp³-hybridized carbons (Fsp3) is 0.609. The number of hydrogen-bond donors (Lipinski definition) is 0. The number of ether oxygens (including phenoxy) is 2. The molecule has 0 N–H and O–H groups in total. The predicted molar refractivity (Wildman–Crippen MR) is 110 cm³/mol. The molecule has 0 aromatic heterocycles. The van der Waals surface area contributed by atoms with Crippen molar-refractivity contribution in [1.29, 1.82) is 0 Å². The van der Waals surface area contributed by atoms with Gasteiger partial charge in [0, 0.05) is 63.2 Å². The van der Waals surface area contributed by atoms with Crippen LogP contribution in [-0.4, -0.2) is 62.9 Å². The van der Waals surface area contributed by atoms with Crippen molar-refractivity contribution >= 4 is 11.6 Å². The van der Waals surface area contributed by atoms with Crippen molar-refractivity contribution in [1.82, 2.24) is 4.90 Å². The van der Waals surface area contributed by atoms with Crippen LogP contribution in [0.25, 0.3) is 0 Å². The quantitative estimate of drug-likeness (QED) is 0.732. The summed E-state index contributed by atoms with van der Waals surface area (Å²) in [7, 11) is 0. The Morgan fingerprint density at radius 2 is 1.82 bits per heavy atom. The fourth-order valence-corrected chi connectivity index (χ4v) is 5.21. The smallest absolute Gasteiger partial charge is 0.232 e. The highest BCUT2D eigenvalue weighted by Crippen LogP contribution is 2.46. The van der Waals surface area contributed by atoms with Crippen molar-refractivity contribution in [3.63, 3.8) is 0 Å². The second-order valence-corrected chi connectivity index (χ2v) is 8.37. The largest absolute Gasteiger partial charge is 0.381 e. The summed E-state index contributed by atoms with van der Waals surface area (Å²) in [6.07, 6.45) is 5.91. The van der Waals surface area contributed by atoms with Crippen molar-refractivity contribution in [2.45, 2.75) is 31.7 Å². The van der Waals surface area contributed by atoms with Crippen molar-refractivity contribution < 1.29 is 14.3 Å². The van der Waals surface area contributed by atoms with Gasteiger partial charge in [-0.3, -0.25) is 9.69 Å². The minimum Gasteiger partial charge on any atom is -0.381 e. The van der Waals surface area contributed by atoms with Gasteiger partial charge in [0.15, 0.2) is 0 Å². The Morgan fingerprint density at radius 1 is 1.14 bits per heavy atom. The molecule has 1 unspecified atom stereocenters. The van der Waals surface area contributed by atoms with Crippen LogP contribution in [-0.2, 0) is 14.3 Å². The SMILES string of the molecule is C=CCN(C(=O)C1CN(C2CCOCC2)CC12CCOCC2)c1ccccc1.